The second kappa shape index (κ2) is 15.9. The second-order valence-corrected chi connectivity index (χ2v) is 12.4. The molecule has 2 amide bonds. The van der Waals surface area contributed by atoms with Gasteiger partial charge < -0.3 is 24.9 Å². The average Bonchev–Trinajstić information content (AvgIpc) is 3.45. The number of ether oxygens (including phenoxy) is 1. The van der Waals surface area contributed by atoms with Gasteiger partial charge in [-0.15, -0.1) is 0 Å². The molecule has 3 N–H and O–H groups in total. The van der Waals surface area contributed by atoms with Crippen LogP contribution in [0.1, 0.15) is 70.9 Å². The van der Waals surface area contributed by atoms with Gasteiger partial charge in [-0.05, 0) is 106 Å². The monoisotopic (exact) mass is 707 g/mol. The molecule has 0 aliphatic carbocycles. The van der Waals surface area contributed by atoms with E-state index in [-0.39, 0.29) is 45.7 Å². The zero-order valence-electron chi connectivity index (χ0n) is 28.6. The number of aromatic nitrogens is 1. The van der Waals surface area contributed by atoms with E-state index in [1.54, 1.807) is 37.3 Å². The number of nitrogens with zero attached hydrogens (tertiary/aromatic N) is 1. The fourth-order valence-corrected chi connectivity index (χ4v) is 4.97. The van der Waals surface area contributed by atoms with Crippen LogP contribution in [0.4, 0.5) is 17.6 Å². The number of aromatic hydroxyl groups is 1. The van der Waals surface area contributed by atoms with Crippen LogP contribution in [0.25, 0.3) is 33.6 Å². The predicted molar refractivity (Wildman–Crippen MR) is 184 cm³/mol. The number of aryl methyl sites for hydroxylation is 1. The van der Waals surface area contributed by atoms with Crippen molar-refractivity contribution in [3.05, 3.63) is 107 Å². The van der Waals surface area contributed by atoms with Crippen LogP contribution < -0.4 is 10.6 Å². The molecule has 0 aliphatic heterocycles. The first kappa shape index (κ1) is 38.1. The van der Waals surface area contributed by atoms with E-state index in [9.17, 15) is 31.9 Å². The van der Waals surface area contributed by atoms with E-state index in [1.807, 2.05) is 20.8 Å². The molecule has 0 saturated carbocycles. The highest BCUT2D eigenvalue weighted by Gasteiger charge is 2.29. The van der Waals surface area contributed by atoms with E-state index < -0.39 is 36.3 Å². The lowest BCUT2D eigenvalue weighted by Gasteiger charge is -2.20. The topological polar surface area (TPSA) is 131 Å². The Bertz CT molecular complexity index is 2020. The first-order chi connectivity index (χ1) is 24.0. The molecule has 13 heteroatoms. The van der Waals surface area contributed by atoms with Crippen molar-refractivity contribution >= 4 is 28.9 Å². The number of alkyl halides is 3. The summed E-state index contributed by atoms with van der Waals surface area (Å²) in [6, 6.07) is 19.2. The van der Waals surface area contributed by atoms with Gasteiger partial charge in [0.15, 0.2) is 0 Å². The number of carbonyl (C=O) groups excluding carboxylic acids is 3. The largest absolute Gasteiger partial charge is 0.508 e. The molecule has 51 heavy (non-hydrogen) atoms. The Morgan fingerprint density at radius 1 is 0.882 bits per heavy atom. The fraction of sp³-hybridized carbons (Fsp3) is 0.263. The van der Waals surface area contributed by atoms with Gasteiger partial charge in [0.25, 0.3) is 11.8 Å². The molecule has 5 rings (SSSR count). The molecular weight excluding hydrogens is 670 g/mol. The molecule has 0 bridgehead atoms. The SMILES string of the molecule is CCOC(=O)c1ccc(O)cc1.CNC(=O)c1c(-c2ccc(F)cc2)oc2nc(CCC(F)(F)F)c(-c3cccc(C(=O)NC(C)(C)C)c3)cc12. The highest BCUT2D eigenvalue weighted by atomic mass is 19.4. The van der Waals surface area contributed by atoms with Crippen LogP contribution in [0.3, 0.4) is 0 Å². The van der Waals surface area contributed by atoms with E-state index in [4.69, 9.17) is 14.3 Å². The Morgan fingerprint density at radius 2 is 1.55 bits per heavy atom. The molecule has 0 unspecified atom stereocenters. The van der Waals surface area contributed by atoms with Crippen molar-refractivity contribution in [1.82, 2.24) is 15.6 Å². The van der Waals surface area contributed by atoms with Crippen LogP contribution in [-0.2, 0) is 11.2 Å². The summed E-state index contributed by atoms with van der Waals surface area (Å²) in [7, 11) is 1.43. The standard InChI is InChI=1S/C29H27F4N3O3.C9H10O3/c1-28(2,3)36-25(37)18-7-5-6-17(14-18)20-15-21-23(26(38)34-4)24(16-8-10-19(30)11-9-16)39-27(21)35-22(20)12-13-29(31,32)33;1-2-12-9(11)7-3-5-8(10)6-4-7/h5-11,14-15H,12-13H2,1-4H3,(H,34,38)(H,36,37);3-6,10H,2H2,1H3. The van der Waals surface area contributed by atoms with Gasteiger partial charge in [-0.1, -0.05) is 12.1 Å². The van der Waals surface area contributed by atoms with E-state index in [1.165, 1.54) is 55.6 Å². The molecule has 3 aromatic carbocycles. The van der Waals surface area contributed by atoms with Gasteiger partial charge in [0.2, 0.25) is 5.71 Å². The Morgan fingerprint density at radius 3 is 2.14 bits per heavy atom. The van der Waals surface area contributed by atoms with Crippen molar-refractivity contribution in [2.24, 2.45) is 0 Å². The number of phenolic OH excluding ortho intramolecular Hbond substituents is 1. The number of furan rings is 1. The van der Waals surface area contributed by atoms with Crippen LogP contribution >= 0.6 is 0 Å². The Labute approximate surface area is 291 Å². The number of esters is 1. The predicted octanol–water partition coefficient (Wildman–Crippen LogP) is 8.25. The summed E-state index contributed by atoms with van der Waals surface area (Å²) in [5, 5.41) is 14.6. The maximum absolute atomic E-state index is 13.5. The van der Waals surface area contributed by atoms with Gasteiger partial charge in [0.05, 0.1) is 28.8 Å². The minimum absolute atomic E-state index is 0.0320. The van der Waals surface area contributed by atoms with Gasteiger partial charge in [-0.25, -0.2) is 14.2 Å². The lowest BCUT2D eigenvalue weighted by molar-refractivity contribution is -0.134. The molecule has 268 valence electrons. The van der Waals surface area contributed by atoms with Crippen LogP contribution in [0.2, 0.25) is 0 Å². The van der Waals surface area contributed by atoms with Crippen molar-refractivity contribution in [2.75, 3.05) is 13.7 Å². The van der Waals surface area contributed by atoms with Gasteiger partial charge >= 0.3 is 12.1 Å². The highest BCUT2D eigenvalue weighted by Crippen LogP contribution is 2.37. The van der Waals surface area contributed by atoms with Crippen molar-refractivity contribution in [1.29, 1.82) is 0 Å². The van der Waals surface area contributed by atoms with Crippen LogP contribution in [0.15, 0.2) is 83.3 Å². The quantitative estimate of drug-likeness (QED) is 0.109. The van der Waals surface area contributed by atoms with Crippen molar-refractivity contribution in [2.45, 2.75) is 52.3 Å². The zero-order chi connectivity index (χ0) is 37.5. The summed E-state index contributed by atoms with van der Waals surface area (Å²) in [6.45, 7) is 7.61. The molecular formula is C38H37F4N3O6. The summed E-state index contributed by atoms with van der Waals surface area (Å²) < 4.78 is 63.8. The molecule has 2 aromatic heterocycles. The van der Waals surface area contributed by atoms with E-state index in [0.717, 1.165) is 0 Å². The number of nitrogens with one attached hydrogen (secondary N) is 2. The summed E-state index contributed by atoms with van der Waals surface area (Å²) in [6.07, 6.45) is -6.01. The minimum atomic E-state index is -4.43. The minimum Gasteiger partial charge on any atom is -0.508 e. The second-order valence-electron chi connectivity index (χ2n) is 12.4. The smallest absolute Gasteiger partial charge is 0.389 e. The maximum Gasteiger partial charge on any atom is 0.389 e. The molecule has 0 saturated heterocycles. The number of rotatable bonds is 8. The summed E-state index contributed by atoms with van der Waals surface area (Å²) in [4.78, 5) is 41.2. The summed E-state index contributed by atoms with van der Waals surface area (Å²) in [5.41, 5.74) is 1.62. The number of fused-ring (bicyclic) bond motifs is 1. The fourth-order valence-electron chi connectivity index (χ4n) is 4.97. The molecule has 0 fully saturated rings. The summed E-state index contributed by atoms with van der Waals surface area (Å²) >= 11 is 0. The Balaban J connectivity index is 0.000000411. The van der Waals surface area contributed by atoms with Gasteiger partial charge in [-0.2, -0.15) is 13.2 Å². The number of benzene rings is 3. The van der Waals surface area contributed by atoms with Crippen LogP contribution in [0, 0.1) is 5.82 Å². The Kier molecular flexibility index (Phi) is 11.9. The highest BCUT2D eigenvalue weighted by molar-refractivity contribution is 6.11. The van der Waals surface area contributed by atoms with E-state index in [2.05, 4.69) is 15.6 Å². The molecule has 0 spiro atoms. The van der Waals surface area contributed by atoms with Gasteiger partial charge in [0.1, 0.15) is 17.3 Å². The molecule has 9 nitrogen and oxygen atoms in total. The first-order valence-corrected chi connectivity index (χ1v) is 15.9. The number of hydrogen-bond donors (Lipinski definition) is 3. The van der Waals surface area contributed by atoms with Crippen molar-refractivity contribution in [3.63, 3.8) is 0 Å². The molecule has 5 aromatic rings. The number of phenols is 1. The first-order valence-electron chi connectivity index (χ1n) is 15.9. The number of carbonyl (C=O) groups is 3. The van der Waals surface area contributed by atoms with E-state index in [0.29, 0.717) is 34.4 Å². The molecule has 0 radical (unpaired) electrons. The van der Waals surface area contributed by atoms with Gasteiger partial charge in [-0.3, -0.25) is 9.59 Å². The third-order valence-corrected chi connectivity index (χ3v) is 7.27. The van der Waals surface area contributed by atoms with Crippen LogP contribution in [0.5, 0.6) is 5.75 Å². The third kappa shape index (κ3) is 10.2. The van der Waals surface area contributed by atoms with Crippen molar-refractivity contribution < 1.29 is 46.2 Å². The average molecular weight is 708 g/mol. The molecule has 0 aliphatic rings. The normalized spacial score (nSPS) is 11.4. The summed E-state index contributed by atoms with van der Waals surface area (Å²) in [5.74, 6) is -1.46. The molecule has 0 atom stereocenters. The number of hydrogen-bond acceptors (Lipinski definition) is 7. The lowest BCUT2D eigenvalue weighted by atomic mass is 9.96. The van der Waals surface area contributed by atoms with Crippen molar-refractivity contribution in [3.8, 4) is 28.2 Å². The zero-order valence-corrected chi connectivity index (χ0v) is 28.6. The Hall–Kier alpha value is -5.72. The number of pyridine rings is 1. The lowest BCUT2D eigenvalue weighted by Crippen LogP contribution is -2.40. The number of amides is 2. The van der Waals surface area contributed by atoms with E-state index >= 15 is 0 Å². The maximum atomic E-state index is 13.5. The van der Waals surface area contributed by atoms with Gasteiger partial charge in [0, 0.05) is 35.7 Å². The number of halogens is 4. The van der Waals surface area contributed by atoms with Crippen LogP contribution in [-0.4, -0.2) is 53.2 Å². The molecule has 2 heterocycles. The third-order valence-electron chi connectivity index (χ3n) is 7.27.